The SMILES string of the molecule is O=C1CSc2nnc(-c3ccc(S(=O)(=O)c4ccccc4)cc3)n2N1. The van der Waals surface area contributed by atoms with Crippen LogP contribution in [-0.4, -0.2) is 35.0 Å². The molecule has 25 heavy (non-hydrogen) atoms. The first-order valence-electron chi connectivity index (χ1n) is 7.34. The third kappa shape index (κ3) is 2.81. The summed E-state index contributed by atoms with van der Waals surface area (Å²) in [5.74, 6) is 0.618. The standard InChI is InChI=1S/C16H12N4O3S2/c21-14-10-24-16-18-17-15(20(16)19-14)11-6-8-13(9-7-11)25(22,23)12-4-2-1-3-5-12/h1-9H,10H2,(H,19,21). The maximum absolute atomic E-state index is 12.6. The van der Waals surface area contributed by atoms with Gasteiger partial charge in [0.1, 0.15) is 0 Å². The van der Waals surface area contributed by atoms with Crippen LogP contribution in [0.5, 0.6) is 0 Å². The number of hydrogen-bond acceptors (Lipinski definition) is 6. The molecule has 0 bridgehead atoms. The molecule has 1 amide bonds. The zero-order valence-corrected chi connectivity index (χ0v) is 14.4. The molecular formula is C16H12N4O3S2. The minimum absolute atomic E-state index is 0.137. The van der Waals surface area contributed by atoms with Crippen molar-refractivity contribution in [3.8, 4) is 11.4 Å². The van der Waals surface area contributed by atoms with E-state index in [4.69, 9.17) is 0 Å². The zero-order chi connectivity index (χ0) is 17.4. The van der Waals surface area contributed by atoms with Crippen LogP contribution in [0.3, 0.4) is 0 Å². The highest BCUT2D eigenvalue weighted by Crippen LogP contribution is 2.27. The van der Waals surface area contributed by atoms with E-state index in [1.54, 1.807) is 42.5 Å². The van der Waals surface area contributed by atoms with Crippen molar-refractivity contribution in [2.75, 3.05) is 11.2 Å². The summed E-state index contributed by atoms with van der Waals surface area (Å²) in [5, 5.41) is 8.70. The van der Waals surface area contributed by atoms with Gasteiger partial charge in [0.15, 0.2) is 5.82 Å². The van der Waals surface area contributed by atoms with Gasteiger partial charge >= 0.3 is 0 Å². The number of carbonyl (C=O) groups is 1. The molecule has 0 spiro atoms. The average Bonchev–Trinajstić information content (AvgIpc) is 3.05. The summed E-state index contributed by atoms with van der Waals surface area (Å²) in [7, 11) is -3.57. The lowest BCUT2D eigenvalue weighted by Gasteiger charge is -2.15. The van der Waals surface area contributed by atoms with Crippen molar-refractivity contribution in [1.29, 1.82) is 0 Å². The fraction of sp³-hybridized carbons (Fsp3) is 0.0625. The Morgan fingerprint density at radius 2 is 1.64 bits per heavy atom. The van der Waals surface area contributed by atoms with Crippen molar-refractivity contribution in [1.82, 2.24) is 14.9 Å². The summed E-state index contributed by atoms with van der Waals surface area (Å²) in [6, 6.07) is 14.6. The van der Waals surface area contributed by atoms with Gasteiger partial charge in [-0.1, -0.05) is 30.0 Å². The van der Waals surface area contributed by atoms with Crippen LogP contribution < -0.4 is 5.43 Å². The van der Waals surface area contributed by atoms with Gasteiger partial charge in [-0.05, 0) is 36.4 Å². The van der Waals surface area contributed by atoms with Crippen molar-refractivity contribution in [2.24, 2.45) is 0 Å². The number of amides is 1. The lowest BCUT2D eigenvalue weighted by atomic mass is 10.2. The molecular weight excluding hydrogens is 360 g/mol. The Bertz CT molecular complexity index is 1040. The molecule has 126 valence electrons. The Morgan fingerprint density at radius 3 is 2.36 bits per heavy atom. The van der Waals surface area contributed by atoms with Gasteiger partial charge in [-0.15, -0.1) is 10.2 Å². The Hall–Kier alpha value is -2.65. The molecule has 9 heteroatoms. The predicted octanol–water partition coefficient (Wildman–Crippen LogP) is 1.95. The molecule has 2 aromatic carbocycles. The largest absolute Gasteiger partial charge is 0.272 e. The van der Waals surface area contributed by atoms with Gasteiger partial charge in [0.25, 0.3) is 0 Å². The van der Waals surface area contributed by atoms with Crippen molar-refractivity contribution in [3.63, 3.8) is 0 Å². The van der Waals surface area contributed by atoms with Gasteiger partial charge in [-0.25, -0.2) is 13.1 Å². The van der Waals surface area contributed by atoms with Crippen LogP contribution in [0.15, 0.2) is 69.5 Å². The normalized spacial score (nSPS) is 14.0. The summed E-state index contributed by atoms with van der Waals surface area (Å²) < 4.78 is 26.7. The zero-order valence-electron chi connectivity index (χ0n) is 12.8. The Morgan fingerprint density at radius 1 is 0.960 bits per heavy atom. The smallest absolute Gasteiger partial charge is 0.249 e. The molecule has 1 aromatic heterocycles. The molecule has 4 rings (SSSR count). The second-order valence-electron chi connectivity index (χ2n) is 5.31. The molecule has 0 aliphatic carbocycles. The molecule has 0 saturated carbocycles. The average molecular weight is 372 g/mol. The maximum Gasteiger partial charge on any atom is 0.249 e. The number of thioether (sulfide) groups is 1. The molecule has 2 heterocycles. The quantitative estimate of drug-likeness (QED) is 0.755. The molecule has 0 radical (unpaired) electrons. The highest BCUT2D eigenvalue weighted by Gasteiger charge is 2.22. The van der Waals surface area contributed by atoms with Crippen molar-refractivity contribution >= 4 is 27.5 Å². The summed E-state index contributed by atoms with van der Waals surface area (Å²) >= 11 is 1.30. The summed E-state index contributed by atoms with van der Waals surface area (Å²) in [4.78, 5) is 12.0. The second kappa shape index (κ2) is 6.01. The first kappa shape index (κ1) is 15.9. The van der Waals surface area contributed by atoms with E-state index in [-0.39, 0.29) is 15.7 Å². The fourth-order valence-corrected chi connectivity index (χ4v) is 4.42. The number of carbonyl (C=O) groups excluding carboxylic acids is 1. The Labute approximate surface area is 148 Å². The number of aromatic nitrogens is 3. The lowest BCUT2D eigenvalue weighted by molar-refractivity contribution is -0.114. The van der Waals surface area contributed by atoms with Gasteiger partial charge < -0.3 is 0 Å². The van der Waals surface area contributed by atoms with Crippen LogP contribution in [-0.2, 0) is 14.6 Å². The number of hydrogen-bond donors (Lipinski definition) is 1. The van der Waals surface area contributed by atoms with E-state index in [1.165, 1.54) is 28.6 Å². The van der Waals surface area contributed by atoms with Gasteiger partial charge in [-0.2, -0.15) is 0 Å². The third-order valence-corrected chi connectivity index (χ3v) is 6.39. The Balaban J connectivity index is 1.70. The van der Waals surface area contributed by atoms with E-state index in [2.05, 4.69) is 15.6 Å². The van der Waals surface area contributed by atoms with Gasteiger partial charge in [-0.3, -0.25) is 10.2 Å². The first-order chi connectivity index (χ1) is 12.1. The highest BCUT2D eigenvalue weighted by atomic mass is 32.2. The summed E-state index contributed by atoms with van der Waals surface area (Å²) in [6.45, 7) is 0. The third-order valence-electron chi connectivity index (χ3n) is 3.68. The molecule has 1 aliphatic heterocycles. The number of sulfone groups is 1. The topological polar surface area (TPSA) is 94.0 Å². The highest BCUT2D eigenvalue weighted by molar-refractivity contribution is 7.99. The van der Waals surface area contributed by atoms with Gasteiger partial charge in [0, 0.05) is 5.56 Å². The van der Waals surface area contributed by atoms with Gasteiger partial charge in [0.05, 0.1) is 15.5 Å². The molecule has 0 unspecified atom stereocenters. The fourth-order valence-electron chi connectivity index (χ4n) is 2.46. The van der Waals surface area contributed by atoms with Crippen LogP contribution in [0.2, 0.25) is 0 Å². The van der Waals surface area contributed by atoms with E-state index >= 15 is 0 Å². The van der Waals surface area contributed by atoms with Crippen LogP contribution in [0, 0.1) is 0 Å². The molecule has 3 aromatic rings. The van der Waals surface area contributed by atoms with E-state index in [0.29, 0.717) is 22.3 Å². The maximum atomic E-state index is 12.6. The first-order valence-corrected chi connectivity index (χ1v) is 9.81. The van der Waals surface area contributed by atoms with E-state index in [0.717, 1.165) is 0 Å². The number of rotatable bonds is 3. The van der Waals surface area contributed by atoms with Crippen LogP contribution in [0.25, 0.3) is 11.4 Å². The summed E-state index contributed by atoms with van der Waals surface area (Å²) in [5.41, 5.74) is 3.35. The van der Waals surface area contributed by atoms with Crippen molar-refractivity contribution < 1.29 is 13.2 Å². The molecule has 0 saturated heterocycles. The molecule has 0 fully saturated rings. The molecule has 1 N–H and O–H groups in total. The number of fused-ring (bicyclic) bond motifs is 1. The monoisotopic (exact) mass is 372 g/mol. The van der Waals surface area contributed by atoms with E-state index < -0.39 is 9.84 Å². The van der Waals surface area contributed by atoms with Crippen LogP contribution in [0.4, 0.5) is 0 Å². The van der Waals surface area contributed by atoms with Crippen LogP contribution in [0.1, 0.15) is 0 Å². The van der Waals surface area contributed by atoms with Crippen molar-refractivity contribution in [3.05, 3.63) is 54.6 Å². The second-order valence-corrected chi connectivity index (χ2v) is 8.20. The Kier molecular flexibility index (Phi) is 3.81. The van der Waals surface area contributed by atoms with Crippen LogP contribution >= 0.6 is 11.8 Å². The van der Waals surface area contributed by atoms with E-state index in [1.807, 2.05) is 0 Å². The minimum atomic E-state index is -3.57. The van der Waals surface area contributed by atoms with Gasteiger partial charge in [0.2, 0.25) is 20.9 Å². The number of benzene rings is 2. The minimum Gasteiger partial charge on any atom is -0.272 e. The number of nitrogens with zero attached hydrogens (tertiary/aromatic N) is 3. The van der Waals surface area contributed by atoms with Crippen molar-refractivity contribution in [2.45, 2.75) is 14.9 Å². The molecule has 0 atom stereocenters. The number of nitrogens with one attached hydrogen (secondary N) is 1. The predicted molar refractivity (Wildman–Crippen MR) is 92.4 cm³/mol. The van der Waals surface area contributed by atoms with E-state index in [9.17, 15) is 13.2 Å². The lowest BCUT2D eigenvalue weighted by Crippen LogP contribution is -2.29. The molecule has 1 aliphatic rings. The molecule has 7 nitrogen and oxygen atoms in total. The summed E-state index contributed by atoms with van der Waals surface area (Å²) in [6.07, 6.45) is 0.